The number of nitro groups is 1. The van der Waals surface area contributed by atoms with Gasteiger partial charge in [-0.05, 0) is 37.1 Å². The van der Waals surface area contributed by atoms with Crippen molar-refractivity contribution in [3.05, 3.63) is 75.6 Å². The van der Waals surface area contributed by atoms with Crippen molar-refractivity contribution in [3.63, 3.8) is 0 Å². The second kappa shape index (κ2) is 7.43. The summed E-state index contributed by atoms with van der Waals surface area (Å²) in [7, 11) is 0. The molecule has 1 saturated heterocycles. The molecule has 0 aliphatic carbocycles. The maximum Gasteiger partial charge on any atom is 0.269 e. The molecule has 0 N–H and O–H groups in total. The highest BCUT2D eigenvalue weighted by molar-refractivity contribution is 5.98. The zero-order valence-corrected chi connectivity index (χ0v) is 13.9. The van der Waals surface area contributed by atoms with Crippen LogP contribution in [0.5, 0.6) is 0 Å². The summed E-state index contributed by atoms with van der Waals surface area (Å²) >= 11 is 0. The van der Waals surface area contributed by atoms with Crippen molar-refractivity contribution in [2.24, 2.45) is 5.92 Å². The molecule has 1 heterocycles. The fraction of sp³-hybridized carbons (Fsp3) is 0.263. The SMILES string of the molecule is O=C(c1cccc(F)c1)C1CCN(C(=O)c2ccc([N+](=O)[O-])cc2)CC1. The van der Waals surface area contributed by atoms with Crippen LogP contribution < -0.4 is 0 Å². The molecule has 3 rings (SSSR count). The smallest absolute Gasteiger partial charge is 0.269 e. The fourth-order valence-corrected chi connectivity index (χ4v) is 3.13. The predicted molar refractivity (Wildman–Crippen MR) is 92.5 cm³/mol. The van der Waals surface area contributed by atoms with E-state index in [9.17, 15) is 24.1 Å². The lowest BCUT2D eigenvalue weighted by Gasteiger charge is -2.31. The molecule has 1 fully saturated rings. The van der Waals surface area contributed by atoms with E-state index in [1.165, 1.54) is 42.5 Å². The number of non-ortho nitro benzene ring substituents is 1. The van der Waals surface area contributed by atoms with Crippen LogP contribution in [0.3, 0.4) is 0 Å². The van der Waals surface area contributed by atoms with Crippen molar-refractivity contribution < 1.29 is 18.9 Å². The van der Waals surface area contributed by atoms with Gasteiger partial charge in [0.1, 0.15) is 5.82 Å². The third-order valence-electron chi connectivity index (χ3n) is 4.59. The molecule has 2 aromatic carbocycles. The molecule has 6 nitrogen and oxygen atoms in total. The number of likely N-dealkylation sites (tertiary alicyclic amines) is 1. The van der Waals surface area contributed by atoms with Crippen molar-refractivity contribution in [2.75, 3.05) is 13.1 Å². The zero-order chi connectivity index (χ0) is 18.7. The summed E-state index contributed by atoms with van der Waals surface area (Å²) in [6.45, 7) is 0.836. The summed E-state index contributed by atoms with van der Waals surface area (Å²) in [4.78, 5) is 36.8. The maximum atomic E-state index is 13.3. The molecular weight excluding hydrogens is 339 g/mol. The summed E-state index contributed by atoms with van der Waals surface area (Å²) in [6.07, 6.45) is 1.02. The minimum atomic E-state index is -0.516. The van der Waals surface area contributed by atoms with Crippen LogP contribution >= 0.6 is 0 Å². The van der Waals surface area contributed by atoms with Gasteiger partial charge in [0.05, 0.1) is 4.92 Å². The van der Waals surface area contributed by atoms with E-state index in [0.717, 1.165) is 0 Å². The third-order valence-corrected chi connectivity index (χ3v) is 4.59. The van der Waals surface area contributed by atoms with Gasteiger partial charge < -0.3 is 4.90 Å². The van der Waals surface area contributed by atoms with Gasteiger partial charge in [-0.15, -0.1) is 0 Å². The van der Waals surface area contributed by atoms with E-state index in [0.29, 0.717) is 37.1 Å². The minimum Gasteiger partial charge on any atom is -0.339 e. The Labute approximate surface area is 149 Å². The largest absolute Gasteiger partial charge is 0.339 e. The lowest BCUT2D eigenvalue weighted by Crippen LogP contribution is -2.40. The van der Waals surface area contributed by atoms with E-state index in [-0.39, 0.29) is 23.3 Å². The molecular formula is C19H17FN2O4. The molecule has 0 radical (unpaired) electrons. The molecule has 1 aliphatic heterocycles. The number of rotatable bonds is 4. The van der Waals surface area contributed by atoms with Gasteiger partial charge in [-0.3, -0.25) is 19.7 Å². The molecule has 1 amide bonds. The Morgan fingerprint density at radius 1 is 1.04 bits per heavy atom. The summed E-state index contributed by atoms with van der Waals surface area (Å²) in [5, 5.41) is 10.7. The number of hydrogen-bond acceptors (Lipinski definition) is 4. The van der Waals surface area contributed by atoms with Gasteiger partial charge in [0.15, 0.2) is 5.78 Å². The lowest BCUT2D eigenvalue weighted by molar-refractivity contribution is -0.384. The van der Waals surface area contributed by atoms with Crippen LogP contribution in [0.4, 0.5) is 10.1 Å². The Morgan fingerprint density at radius 2 is 1.69 bits per heavy atom. The van der Waals surface area contributed by atoms with E-state index < -0.39 is 10.7 Å². The second-order valence-electron chi connectivity index (χ2n) is 6.25. The Kier molecular flexibility index (Phi) is 5.06. The van der Waals surface area contributed by atoms with Crippen molar-refractivity contribution >= 4 is 17.4 Å². The average Bonchev–Trinajstić information content (AvgIpc) is 2.67. The van der Waals surface area contributed by atoms with E-state index in [1.807, 2.05) is 0 Å². The molecule has 0 bridgehead atoms. The van der Waals surface area contributed by atoms with Gasteiger partial charge in [-0.2, -0.15) is 0 Å². The van der Waals surface area contributed by atoms with E-state index in [4.69, 9.17) is 0 Å². The summed E-state index contributed by atoms with van der Waals surface area (Å²) in [6, 6.07) is 11.1. The Hall–Kier alpha value is -3.09. The molecule has 2 aromatic rings. The number of carbonyl (C=O) groups excluding carboxylic acids is 2. The molecule has 7 heteroatoms. The number of nitrogens with zero attached hydrogens (tertiary/aromatic N) is 2. The quantitative estimate of drug-likeness (QED) is 0.477. The molecule has 0 atom stereocenters. The van der Waals surface area contributed by atoms with Crippen molar-refractivity contribution in [2.45, 2.75) is 12.8 Å². The first-order valence-electron chi connectivity index (χ1n) is 8.29. The Bertz CT molecular complexity index is 843. The topological polar surface area (TPSA) is 80.5 Å². The van der Waals surface area contributed by atoms with Crippen LogP contribution in [0, 0.1) is 21.8 Å². The van der Waals surface area contributed by atoms with Crippen LogP contribution in [0.1, 0.15) is 33.6 Å². The molecule has 26 heavy (non-hydrogen) atoms. The molecule has 0 unspecified atom stereocenters. The molecule has 0 saturated carbocycles. The summed E-state index contributed by atoms with van der Waals surface area (Å²) < 4.78 is 13.3. The monoisotopic (exact) mass is 356 g/mol. The number of carbonyl (C=O) groups is 2. The highest BCUT2D eigenvalue weighted by Gasteiger charge is 2.28. The van der Waals surface area contributed by atoms with Crippen LogP contribution in [-0.4, -0.2) is 34.6 Å². The Balaban J connectivity index is 1.61. The summed E-state index contributed by atoms with van der Waals surface area (Å²) in [5.41, 5.74) is 0.664. The molecule has 0 aromatic heterocycles. The number of halogens is 1. The normalized spacial score (nSPS) is 14.9. The average molecular weight is 356 g/mol. The number of ketones is 1. The first-order valence-corrected chi connectivity index (χ1v) is 8.29. The first-order chi connectivity index (χ1) is 12.5. The predicted octanol–water partition coefficient (Wildman–Crippen LogP) is 3.47. The number of piperidine rings is 1. The van der Waals surface area contributed by atoms with E-state index in [2.05, 4.69) is 0 Å². The van der Waals surface area contributed by atoms with E-state index >= 15 is 0 Å². The van der Waals surface area contributed by atoms with E-state index in [1.54, 1.807) is 11.0 Å². The first kappa shape index (κ1) is 17.7. The molecule has 1 aliphatic rings. The van der Waals surface area contributed by atoms with Gasteiger partial charge >= 0.3 is 0 Å². The molecule has 134 valence electrons. The van der Waals surface area contributed by atoms with Gasteiger partial charge in [-0.1, -0.05) is 12.1 Å². The van der Waals surface area contributed by atoms with Crippen LogP contribution in [0.15, 0.2) is 48.5 Å². The maximum absolute atomic E-state index is 13.3. The van der Waals surface area contributed by atoms with Crippen molar-refractivity contribution in [1.82, 2.24) is 4.90 Å². The van der Waals surface area contributed by atoms with Crippen molar-refractivity contribution in [1.29, 1.82) is 0 Å². The number of benzene rings is 2. The highest BCUT2D eigenvalue weighted by Crippen LogP contribution is 2.24. The summed E-state index contributed by atoms with van der Waals surface area (Å²) in [5.74, 6) is -0.997. The number of nitro benzene ring substituents is 1. The number of amides is 1. The van der Waals surface area contributed by atoms with Gasteiger partial charge in [0.2, 0.25) is 0 Å². The zero-order valence-electron chi connectivity index (χ0n) is 13.9. The lowest BCUT2D eigenvalue weighted by atomic mass is 9.88. The third kappa shape index (κ3) is 3.77. The van der Waals surface area contributed by atoms with Crippen molar-refractivity contribution in [3.8, 4) is 0 Å². The van der Waals surface area contributed by atoms with Crippen LogP contribution in [0.2, 0.25) is 0 Å². The number of hydrogen-bond donors (Lipinski definition) is 0. The Morgan fingerprint density at radius 3 is 2.27 bits per heavy atom. The van der Waals surface area contributed by atoms with Gasteiger partial charge in [0.25, 0.3) is 11.6 Å². The van der Waals surface area contributed by atoms with Gasteiger partial charge in [-0.25, -0.2) is 4.39 Å². The van der Waals surface area contributed by atoms with Crippen LogP contribution in [0.25, 0.3) is 0 Å². The highest BCUT2D eigenvalue weighted by atomic mass is 19.1. The van der Waals surface area contributed by atoms with Crippen LogP contribution in [-0.2, 0) is 0 Å². The standard InChI is InChI=1S/C19H17FN2O4/c20-16-3-1-2-15(12-16)18(23)13-8-10-21(11-9-13)19(24)14-4-6-17(7-5-14)22(25)26/h1-7,12-13H,8-11H2. The minimum absolute atomic E-state index is 0.0686. The fourth-order valence-electron chi connectivity index (χ4n) is 3.13. The van der Waals surface area contributed by atoms with Gasteiger partial charge in [0, 0.05) is 42.3 Å². The second-order valence-corrected chi connectivity index (χ2v) is 6.25. The number of Topliss-reactive ketones (excluding diaryl/α,β-unsaturated/α-hetero) is 1. The molecule has 0 spiro atoms.